The van der Waals surface area contributed by atoms with Crippen molar-refractivity contribution in [3.05, 3.63) is 0 Å². The number of hydrogen-bond donors (Lipinski definition) is 2. The fourth-order valence-electron chi connectivity index (χ4n) is 1.93. The number of hydrogen-bond acceptors (Lipinski definition) is 4. The SMILES string of the molecule is CCN1CCCC1CNC(=O)OCCO. The highest BCUT2D eigenvalue weighted by Crippen LogP contribution is 2.15. The van der Waals surface area contributed by atoms with Crippen LogP contribution in [0.4, 0.5) is 4.79 Å². The highest BCUT2D eigenvalue weighted by atomic mass is 16.6. The molecule has 0 aromatic rings. The van der Waals surface area contributed by atoms with E-state index in [1.165, 1.54) is 6.42 Å². The lowest BCUT2D eigenvalue weighted by Crippen LogP contribution is -2.40. The van der Waals surface area contributed by atoms with Crippen LogP contribution in [0.1, 0.15) is 19.8 Å². The maximum Gasteiger partial charge on any atom is 0.407 e. The van der Waals surface area contributed by atoms with Gasteiger partial charge in [0, 0.05) is 12.6 Å². The monoisotopic (exact) mass is 216 g/mol. The number of rotatable bonds is 5. The van der Waals surface area contributed by atoms with Gasteiger partial charge in [-0.1, -0.05) is 6.92 Å². The van der Waals surface area contributed by atoms with Gasteiger partial charge in [-0.2, -0.15) is 0 Å². The molecule has 1 fully saturated rings. The number of aliphatic hydroxyl groups is 1. The van der Waals surface area contributed by atoms with Crippen LogP contribution < -0.4 is 5.32 Å². The first-order chi connectivity index (χ1) is 7.27. The van der Waals surface area contributed by atoms with Crippen molar-refractivity contribution in [1.82, 2.24) is 10.2 Å². The maximum absolute atomic E-state index is 11.1. The summed E-state index contributed by atoms with van der Waals surface area (Å²) in [7, 11) is 0. The number of alkyl carbamates (subject to hydrolysis) is 1. The van der Waals surface area contributed by atoms with Gasteiger partial charge in [-0.25, -0.2) is 4.79 Å². The lowest BCUT2D eigenvalue weighted by Gasteiger charge is -2.22. The number of nitrogens with zero attached hydrogens (tertiary/aromatic N) is 1. The molecule has 1 saturated heterocycles. The Hall–Kier alpha value is -0.810. The minimum Gasteiger partial charge on any atom is -0.447 e. The maximum atomic E-state index is 11.1. The van der Waals surface area contributed by atoms with Gasteiger partial charge in [0.25, 0.3) is 0 Å². The molecule has 2 N–H and O–H groups in total. The topological polar surface area (TPSA) is 61.8 Å². The molecular weight excluding hydrogens is 196 g/mol. The number of ether oxygens (including phenoxy) is 1. The van der Waals surface area contributed by atoms with Crippen LogP contribution in [0.3, 0.4) is 0 Å². The third kappa shape index (κ3) is 4.05. The lowest BCUT2D eigenvalue weighted by molar-refractivity contribution is 0.116. The fraction of sp³-hybridized carbons (Fsp3) is 0.900. The van der Waals surface area contributed by atoms with E-state index < -0.39 is 6.09 Å². The Bertz CT molecular complexity index is 199. The van der Waals surface area contributed by atoms with Gasteiger partial charge in [-0.05, 0) is 25.9 Å². The quantitative estimate of drug-likeness (QED) is 0.688. The molecule has 0 saturated carbocycles. The number of likely N-dealkylation sites (tertiary alicyclic amines) is 1. The largest absolute Gasteiger partial charge is 0.447 e. The zero-order valence-corrected chi connectivity index (χ0v) is 9.24. The molecule has 5 nitrogen and oxygen atoms in total. The molecule has 0 spiro atoms. The van der Waals surface area contributed by atoms with Gasteiger partial charge in [-0.3, -0.25) is 4.90 Å². The van der Waals surface area contributed by atoms with Gasteiger partial charge in [0.15, 0.2) is 0 Å². The predicted molar refractivity (Wildman–Crippen MR) is 56.7 cm³/mol. The molecule has 1 aliphatic rings. The number of carbonyl (C=O) groups is 1. The van der Waals surface area contributed by atoms with Crippen LogP contribution in [-0.2, 0) is 4.74 Å². The molecule has 1 aliphatic heterocycles. The van der Waals surface area contributed by atoms with Gasteiger partial charge < -0.3 is 15.2 Å². The van der Waals surface area contributed by atoms with Crippen molar-refractivity contribution in [3.8, 4) is 0 Å². The molecule has 1 rings (SSSR count). The summed E-state index contributed by atoms with van der Waals surface area (Å²) in [5.41, 5.74) is 0. The number of amides is 1. The van der Waals surface area contributed by atoms with Crippen LogP contribution in [-0.4, -0.2) is 55.0 Å². The first-order valence-corrected chi connectivity index (χ1v) is 5.53. The number of nitrogens with one attached hydrogen (secondary N) is 1. The van der Waals surface area contributed by atoms with E-state index in [9.17, 15) is 4.79 Å². The zero-order valence-electron chi connectivity index (χ0n) is 9.24. The summed E-state index contributed by atoms with van der Waals surface area (Å²) in [6.07, 6.45) is 1.90. The highest BCUT2D eigenvalue weighted by molar-refractivity contribution is 5.67. The van der Waals surface area contributed by atoms with Crippen LogP contribution in [0.2, 0.25) is 0 Å². The van der Waals surface area contributed by atoms with Crippen LogP contribution in [0.25, 0.3) is 0 Å². The van der Waals surface area contributed by atoms with E-state index in [1.807, 2.05) is 0 Å². The highest BCUT2D eigenvalue weighted by Gasteiger charge is 2.23. The van der Waals surface area contributed by atoms with Crippen molar-refractivity contribution >= 4 is 6.09 Å². The minimum absolute atomic E-state index is 0.0635. The average molecular weight is 216 g/mol. The molecule has 1 amide bonds. The van der Waals surface area contributed by atoms with E-state index >= 15 is 0 Å². The summed E-state index contributed by atoms with van der Waals surface area (Å²) in [5, 5.41) is 11.2. The van der Waals surface area contributed by atoms with Gasteiger partial charge in [0.1, 0.15) is 6.61 Å². The van der Waals surface area contributed by atoms with Crippen LogP contribution >= 0.6 is 0 Å². The summed E-state index contributed by atoms with van der Waals surface area (Å²) >= 11 is 0. The zero-order chi connectivity index (χ0) is 11.1. The number of carbonyl (C=O) groups excluding carboxylic acids is 1. The van der Waals surface area contributed by atoms with Gasteiger partial charge in [0.2, 0.25) is 0 Å². The molecule has 1 unspecified atom stereocenters. The Kier molecular flexibility index (Phi) is 5.42. The molecular formula is C10H20N2O3. The molecule has 88 valence electrons. The molecule has 0 aromatic carbocycles. The Morgan fingerprint density at radius 3 is 3.13 bits per heavy atom. The van der Waals surface area contributed by atoms with Crippen molar-refractivity contribution in [1.29, 1.82) is 0 Å². The normalized spacial score (nSPS) is 21.6. The van der Waals surface area contributed by atoms with Crippen molar-refractivity contribution in [2.45, 2.75) is 25.8 Å². The minimum atomic E-state index is -0.438. The summed E-state index contributed by atoms with van der Waals surface area (Å²) in [5.74, 6) is 0. The van der Waals surface area contributed by atoms with Crippen LogP contribution in [0, 0.1) is 0 Å². The van der Waals surface area contributed by atoms with Gasteiger partial charge >= 0.3 is 6.09 Å². The van der Waals surface area contributed by atoms with E-state index in [0.717, 1.165) is 19.5 Å². The van der Waals surface area contributed by atoms with Gasteiger partial charge in [-0.15, -0.1) is 0 Å². The van der Waals surface area contributed by atoms with Gasteiger partial charge in [0.05, 0.1) is 6.61 Å². The molecule has 0 aromatic heterocycles. The van der Waals surface area contributed by atoms with Crippen LogP contribution in [0.5, 0.6) is 0 Å². The standard InChI is InChI=1S/C10H20N2O3/c1-2-12-5-3-4-9(12)8-11-10(14)15-7-6-13/h9,13H,2-8H2,1H3,(H,11,14). The van der Waals surface area contributed by atoms with E-state index in [4.69, 9.17) is 9.84 Å². The Morgan fingerprint density at radius 1 is 1.67 bits per heavy atom. The lowest BCUT2D eigenvalue weighted by atomic mass is 10.2. The molecule has 0 aliphatic carbocycles. The molecule has 5 heteroatoms. The van der Waals surface area contributed by atoms with Crippen molar-refractivity contribution < 1.29 is 14.6 Å². The summed E-state index contributed by atoms with van der Waals surface area (Å²) in [6, 6.07) is 0.441. The number of aliphatic hydroxyl groups excluding tert-OH is 1. The van der Waals surface area contributed by atoms with E-state index in [-0.39, 0.29) is 13.2 Å². The summed E-state index contributed by atoms with van der Waals surface area (Å²) in [4.78, 5) is 13.4. The second kappa shape index (κ2) is 6.63. The molecule has 15 heavy (non-hydrogen) atoms. The molecule has 0 bridgehead atoms. The Morgan fingerprint density at radius 2 is 2.47 bits per heavy atom. The third-order valence-electron chi connectivity index (χ3n) is 2.71. The summed E-state index contributed by atoms with van der Waals surface area (Å²) in [6.45, 7) is 4.85. The molecule has 1 heterocycles. The second-order valence-corrected chi connectivity index (χ2v) is 3.67. The fourth-order valence-corrected chi connectivity index (χ4v) is 1.93. The van der Waals surface area contributed by atoms with Crippen molar-refractivity contribution in [2.75, 3.05) is 32.8 Å². The van der Waals surface area contributed by atoms with E-state index in [2.05, 4.69) is 17.1 Å². The second-order valence-electron chi connectivity index (χ2n) is 3.67. The molecule has 0 radical (unpaired) electrons. The number of likely N-dealkylation sites (N-methyl/N-ethyl adjacent to an activating group) is 1. The molecule has 1 atom stereocenters. The average Bonchev–Trinajstić information content (AvgIpc) is 2.70. The van der Waals surface area contributed by atoms with Crippen molar-refractivity contribution in [3.63, 3.8) is 0 Å². The van der Waals surface area contributed by atoms with E-state index in [0.29, 0.717) is 12.6 Å². The van der Waals surface area contributed by atoms with E-state index in [1.54, 1.807) is 0 Å². The predicted octanol–water partition coefficient (Wildman–Crippen LogP) is 0.189. The first-order valence-electron chi connectivity index (χ1n) is 5.53. The smallest absolute Gasteiger partial charge is 0.407 e. The van der Waals surface area contributed by atoms with Crippen molar-refractivity contribution in [2.24, 2.45) is 0 Å². The Labute approximate surface area is 90.4 Å². The summed E-state index contributed by atoms with van der Waals surface area (Å²) < 4.78 is 4.70. The third-order valence-corrected chi connectivity index (χ3v) is 2.71. The Balaban J connectivity index is 2.15. The van der Waals surface area contributed by atoms with Crippen LogP contribution in [0.15, 0.2) is 0 Å². The first kappa shape index (κ1) is 12.3.